The summed E-state index contributed by atoms with van der Waals surface area (Å²) in [7, 11) is 0. The number of nitrogens with zero attached hydrogens (tertiary/aromatic N) is 3. The van der Waals surface area contributed by atoms with Crippen LogP contribution in [0.4, 0.5) is 17.1 Å². The Morgan fingerprint density at radius 1 is 0.283 bits per heavy atom. The minimum Gasteiger partial charge on any atom is -0.394 e. The fraction of sp³-hybridized carbons (Fsp3) is 0.585. The molecule has 3 aromatic carbocycles. The zero-order valence-corrected chi connectivity index (χ0v) is 79.8. The van der Waals surface area contributed by atoms with E-state index in [0.29, 0.717) is 0 Å². The molecule has 10 atom stereocenters. The third-order valence-electron chi connectivity index (χ3n) is 15.7. The van der Waals surface area contributed by atoms with Crippen molar-refractivity contribution in [1.82, 2.24) is 31.9 Å². The molecular weight excluding hydrogens is 2530 g/mol. The fourth-order valence-electron chi connectivity index (χ4n) is 9.91. The lowest BCUT2D eigenvalue weighted by molar-refractivity contribution is -0.132. The molecule has 23 N–H and O–H groups in total. The van der Waals surface area contributed by atoms with E-state index in [-0.39, 0.29) is 82.6 Å². The van der Waals surface area contributed by atoms with Crippen molar-refractivity contribution in [2.75, 3.05) is 173 Å². The van der Waals surface area contributed by atoms with Crippen LogP contribution in [0.15, 0.2) is 0 Å². The topological polar surface area (TPSA) is 616 Å². The summed E-state index contributed by atoms with van der Waals surface area (Å²) in [5.41, 5.74) is -3.18. The minimum atomic E-state index is -1.76. The molecule has 0 heterocycles. The molecule has 0 aliphatic rings. The largest absolute Gasteiger partial charge is 0.394 e. The number of hydrogen-bond acceptors (Lipinski definition) is 30. The van der Waals surface area contributed by atoms with Crippen LogP contribution in [0.25, 0.3) is 0 Å². The van der Waals surface area contributed by atoms with Crippen molar-refractivity contribution in [1.29, 1.82) is 0 Å². The van der Waals surface area contributed by atoms with Crippen LogP contribution in [0, 0.1) is 37.5 Å². The molecule has 0 radical (unpaired) electrons. The number of aliphatic hydroxyl groups is 17. The lowest BCUT2D eigenvalue weighted by Gasteiger charge is -2.35. The SMILES string of the molecule is CC(=O)N(CC(O)COCC(COCC(O)CO)(COCC(O)CN(C(C)=O)c1c(I)c(C(=O)NCC(O)CO)c(I)c(C(=O)NCC(O)CO)c1I)COCC(O)CN(C(C)=O)c1c(I)c(C(=O)NCC(O)CO)c(I)c(C(=O)NCC(O)CO)c1I)c1c(I)c(C(=O)NCC(O)CO)c(I)c(C(=O)NCC(O)CO)c1I. The van der Waals surface area contributed by atoms with Gasteiger partial charge in [0.1, 0.15) is 6.10 Å². The first-order chi connectivity index (χ1) is 53.1. The van der Waals surface area contributed by atoms with E-state index in [4.69, 9.17) is 18.9 Å². The van der Waals surface area contributed by atoms with Crippen molar-refractivity contribution in [3.63, 3.8) is 0 Å². The van der Waals surface area contributed by atoms with Crippen molar-refractivity contribution in [2.24, 2.45) is 5.41 Å². The number of benzene rings is 3. The number of nitrogens with one attached hydrogen (secondary N) is 6. The van der Waals surface area contributed by atoms with E-state index in [9.17, 15) is 130 Å². The molecular formula is C65H90I9N9O30. The van der Waals surface area contributed by atoms with E-state index < -0.39 is 278 Å². The van der Waals surface area contributed by atoms with Gasteiger partial charge >= 0.3 is 0 Å². The molecule has 0 bridgehead atoms. The molecule has 0 saturated carbocycles. The zero-order chi connectivity index (χ0) is 85.6. The smallest absolute Gasteiger partial charge is 0.253 e. The highest BCUT2D eigenvalue weighted by Gasteiger charge is 2.39. The maximum absolute atomic E-state index is 14.0. The van der Waals surface area contributed by atoms with Crippen LogP contribution in [0.1, 0.15) is 82.9 Å². The van der Waals surface area contributed by atoms with Crippen LogP contribution < -0.4 is 46.6 Å². The van der Waals surface area contributed by atoms with E-state index >= 15 is 0 Å². The molecule has 3 rings (SSSR count). The van der Waals surface area contributed by atoms with Gasteiger partial charge in [0, 0.05) is 70.8 Å². The molecule has 0 aliphatic heterocycles. The quantitative estimate of drug-likeness (QED) is 0.0237. The Morgan fingerprint density at radius 2 is 0.442 bits per heavy atom. The van der Waals surface area contributed by atoms with Gasteiger partial charge in [-0.15, -0.1) is 0 Å². The summed E-state index contributed by atoms with van der Waals surface area (Å²) >= 11 is 15.7. The number of hydrogen-bond donors (Lipinski definition) is 23. The van der Waals surface area contributed by atoms with Crippen molar-refractivity contribution in [3.8, 4) is 0 Å². The van der Waals surface area contributed by atoms with Crippen LogP contribution in [0.5, 0.6) is 0 Å². The molecule has 638 valence electrons. The Morgan fingerprint density at radius 3 is 0.593 bits per heavy atom. The Labute approximate surface area is 770 Å². The number of anilines is 3. The number of amides is 9. The maximum atomic E-state index is 14.0. The Bertz CT molecular complexity index is 3240. The summed E-state index contributed by atoms with van der Waals surface area (Å²) in [6, 6.07) is 0. The Hall–Kier alpha value is -1.38. The molecule has 0 aliphatic carbocycles. The fourth-order valence-corrected chi connectivity index (χ4v) is 24.1. The van der Waals surface area contributed by atoms with Gasteiger partial charge in [0.05, 0.1) is 251 Å². The average molecular weight is 2620 g/mol. The number of aliphatic hydroxyl groups excluding tert-OH is 17. The van der Waals surface area contributed by atoms with Gasteiger partial charge in [-0.2, -0.15) is 0 Å². The van der Waals surface area contributed by atoms with Crippen molar-refractivity contribution in [2.45, 2.75) is 81.8 Å². The number of halogens is 9. The second kappa shape index (κ2) is 52.8. The maximum Gasteiger partial charge on any atom is 0.253 e. The summed E-state index contributed by atoms with van der Waals surface area (Å²) in [5.74, 6) is -7.54. The summed E-state index contributed by atoms with van der Waals surface area (Å²) < 4.78 is 25.0. The third kappa shape index (κ3) is 31.8. The molecule has 39 nitrogen and oxygen atoms in total. The predicted molar refractivity (Wildman–Crippen MR) is 477 cm³/mol. The highest BCUT2D eigenvalue weighted by Crippen LogP contribution is 2.42. The second-order valence-electron chi connectivity index (χ2n) is 25.1. The van der Waals surface area contributed by atoms with Crippen LogP contribution >= 0.6 is 203 Å². The molecule has 10 unspecified atom stereocenters. The number of carbonyl (C=O) groups is 9. The highest BCUT2D eigenvalue weighted by molar-refractivity contribution is 14.1. The average Bonchev–Trinajstić information content (AvgIpc) is 0.768. The van der Waals surface area contributed by atoms with E-state index in [1.165, 1.54) is 0 Å². The van der Waals surface area contributed by atoms with Gasteiger partial charge in [-0.3, -0.25) is 43.2 Å². The molecule has 48 heteroatoms. The number of rotatable bonds is 50. The molecule has 3 aromatic rings. The summed E-state index contributed by atoms with van der Waals surface area (Å²) in [6.45, 7) is -11.8. The lowest BCUT2D eigenvalue weighted by Crippen LogP contribution is -2.46. The monoisotopic (exact) mass is 2620 g/mol. The van der Waals surface area contributed by atoms with E-state index in [1.54, 1.807) is 203 Å². The highest BCUT2D eigenvalue weighted by atomic mass is 127. The van der Waals surface area contributed by atoms with Crippen LogP contribution in [0.2, 0.25) is 0 Å². The van der Waals surface area contributed by atoms with Crippen LogP contribution in [-0.2, 0) is 33.3 Å². The standard InChI is InChI=1S/C65H90I9N9O30/c1-28(91)81(56-50(69)41(59(104)75-4-31(94)13-84)47(66)42(51(56)70)60(105)76-5-32(95)14-85)10-37(100)20-110-24-65(27-113-23-40(103)19-90,25-111-21-38(101)11-82(29(2)92)57-52(71)43(61(106)77-6-33(96)15-86)48(67)44(53(57)72)62(107)78-7-34(97)16-87)26-112-22-39(102)12-83(30(3)93)58-54(73)45(63(108)79-8-35(98)17-88)49(68)46(55(58)74)64(109)80-9-36(99)18-89/h31-40,84-90,94-103H,4-27H2,1-3H3,(H,75,104)(H,76,105)(H,77,106)(H,78,107)(H,79,108)(H,80,109). The molecule has 0 saturated heterocycles. The predicted octanol–water partition coefficient (Wildman–Crippen LogP) is -4.43. The van der Waals surface area contributed by atoms with Crippen LogP contribution in [-0.4, -0.2) is 359 Å². The van der Waals surface area contributed by atoms with Gasteiger partial charge in [0.2, 0.25) is 17.7 Å². The van der Waals surface area contributed by atoms with Crippen molar-refractivity contribution >= 4 is 274 Å². The molecule has 0 spiro atoms. The first-order valence-electron chi connectivity index (χ1n) is 33.6. The Balaban J connectivity index is 2.31. The summed E-state index contributed by atoms with van der Waals surface area (Å²) in [6.07, 6.45) is -15.1. The summed E-state index contributed by atoms with van der Waals surface area (Å²) in [4.78, 5) is 129. The second-order valence-corrected chi connectivity index (χ2v) is 34.9. The number of carbonyl (C=O) groups excluding carboxylic acids is 9. The van der Waals surface area contributed by atoms with Gasteiger partial charge in [0.15, 0.2) is 0 Å². The lowest BCUT2D eigenvalue weighted by atomic mass is 9.92. The molecule has 0 fully saturated rings. The van der Waals surface area contributed by atoms with Gasteiger partial charge in [0.25, 0.3) is 35.4 Å². The first kappa shape index (κ1) is 106. The molecule has 9 amide bonds. The van der Waals surface area contributed by atoms with Crippen LogP contribution in [0.3, 0.4) is 0 Å². The zero-order valence-electron chi connectivity index (χ0n) is 60.4. The van der Waals surface area contributed by atoms with Crippen molar-refractivity contribution in [3.05, 3.63) is 65.5 Å². The van der Waals surface area contributed by atoms with Gasteiger partial charge in [-0.25, -0.2) is 0 Å². The minimum absolute atomic E-state index is 0.0263. The van der Waals surface area contributed by atoms with E-state index in [2.05, 4.69) is 31.9 Å². The normalized spacial score (nSPS) is 14.7. The third-order valence-corrected chi connectivity index (χ3v) is 25.3. The molecule has 0 aromatic heterocycles. The van der Waals surface area contributed by atoms with E-state index in [0.717, 1.165) is 35.5 Å². The Kier molecular flexibility index (Phi) is 49.5. The molecule has 113 heavy (non-hydrogen) atoms. The first-order valence-corrected chi connectivity index (χ1v) is 43.3. The van der Waals surface area contributed by atoms with Gasteiger partial charge < -0.3 is 152 Å². The van der Waals surface area contributed by atoms with Crippen molar-refractivity contribution < 1.29 is 149 Å². The van der Waals surface area contributed by atoms with Gasteiger partial charge in [-0.1, -0.05) is 0 Å². The van der Waals surface area contributed by atoms with E-state index in [1.807, 2.05) is 0 Å². The summed E-state index contributed by atoms with van der Waals surface area (Å²) in [5, 5.41) is 189. The number of ether oxygens (including phenoxy) is 4. The van der Waals surface area contributed by atoms with Gasteiger partial charge in [-0.05, 0) is 203 Å².